The molecule has 0 amide bonds. The summed E-state index contributed by atoms with van der Waals surface area (Å²) in [5.74, 6) is 0. The Morgan fingerprint density at radius 1 is 1.22 bits per heavy atom. The fraction of sp³-hybridized carbons (Fsp3) is 0. The van der Waals surface area contributed by atoms with Crippen molar-refractivity contribution in [1.29, 1.82) is 0 Å². The van der Waals surface area contributed by atoms with E-state index in [4.69, 9.17) is 8.32 Å². The van der Waals surface area contributed by atoms with Crippen LogP contribution in [0.25, 0.3) is 0 Å². The minimum atomic E-state index is -1.80. The van der Waals surface area contributed by atoms with E-state index in [9.17, 15) is 0 Å². The third-order valence-electron chi connectivity index (χ3n) is 1.05. The molecule has 3 heteroatoms. The predicted molar refractivity (Wildman–Crippen MR) is 51.7 cm³/mol. The normalized spacial score (nSPS) is 9.11. The summed E-state index contributed by atoms with van der Waals surface area (Å²) in [5.41, 5.74) is 0. The number of hydrogen-bond donors (Lipinski definition) is 0. The van der Waals surface area contributed by atoms with Gasteiger partial charge >= 0.3 is 76.7 Å². The number of rotatable bonds is 1. The Morgan fingerprint density at radius 3 is 2.11 bits per heavy atom. The molecule has 0 N–H and O–H groups in total. The monoisotopic (exact) mass is 444 g/mol. The first-order valence-electron chi connectivity index (χ1n) is 2.64. The Labute approximate surface area is 75.6 Å². The van der Waals surface area contributed by atoms with Crippen molar-refractivity contribution in [3.63, 3.8) is 0 Å². The van der Waals surface area contributed by atoms with Crippen LogP contribution < -0.4 is 3.12 Å². The Morgan fingerprint density at radius 2 is 1.78 bits per heavy atom. The molecule has 0 aliphatic heterocycles. The van der Waals surface area contributed by atoms with Crippen LogP contribution >= 0.6 is 26.1 Å². The molecule has 9 heavy (non-hydrogen) atoms. The second kappa shape index (κ2) is 4.13. The third-order valence-corrected chi connectivity index (χ3v) is 13.0. The van der Waals surface area contributed by atoms with Crippen LogP contribution in [0.5, 0.6) is 0 Å². The standard InChI is InChI=1S/C6H5.ClH.HI.Tl/c1-2-4-6-5-3-1;;;/h1-5H;2*1H;/q;;;+2/p-2. The number of benzene rings is 1. The fourth-order valence-corrected chi connectivity index (χ4v) is 7.51. The van der Waals surface area contributed by atoms with Crippen LogP contribution in [0.1, 0.15) is 0 Å². The molecule has 0 spiro atoms. The molecule has 0 aliphatic carbocycles. The zero-order chi connectivity index (χ0) is 6.69. The van der Waals surface area contributed by atoms with E-state index in [-0.39, 0.29) is 0 Å². The van der Waals surface area contributed by atoms with E-state index in [2.05, 4.69) is 29.9 Å². The van der Waals surface area contributed by atoms with E-state index in [0.29, 0.717) is 0 Å². The van der Waals surface area contributed by atoms with Crippen LogP contribution in [-0.4, -0.2) is 17.2 Å². The van der Waals surface area contributed by atoms with E-state index in [1.165, 1.54) is 3.12 Å². The average Bonchev–Trinajstić information content (AvgIpc) is 1.90. The second-order valence-corrected chi connectivity index (χ2v) is 27.9. The van der Waals surface area contributed by atoms with E-state index < -0.39 is 17.2 Å². The molecular weight excluding hydrogens is 439 g/mol. The first kappa shape index (κ1) is 8.26. The van der Waals surface area contributed by atoms with Crippen molar-refractivity contribution in [1.82, 2.24) is 0 Å². The summed E-state index contributed by atoms with van der Waals surface area (Å²) in [7, 11) is 6.01. The van der Waals surface area contributed by atoms with Crippen LogP contribution in [-0.2, 0) is 0 Å². The molecule has 0 saturated carbocycles. The molecule has 0 aromatic heterocycles. The van der Waals surface area contributed by atoms with Crippen LogP contribution in [0.3, 0.4) is 0 Å². The minimum absolute atomic E-state index is 1.39. The molecule has 0 saturated heterocycles. The van der Waals surface area contributed by atoms with Gasteiger partial charge in [-0.1, -0.05) is 0 Å². The van der Waals surface area contributed by atoms with Crippen molar-refractivity contribution in [2.45, 2.75) is 0 Å². The molecule has 0 fully saturated rings. The van der Waals surface area contributed by atoms with Crippen molar-refractivity contribution in [2.75, 3.05) is 0 Å². The van der Waals surface area contributed by atoms with Gasteiger partial charge in [0, 0.05) is 0 Å². The van der Waals surface area contributed by atoms with Crippen molar-refractivity contribution in [3.8, 4) is 0 Å². The first-order chi connectivity index (χ1) is 4.30. The fourth-order valence-electron chi connectivity index (χ4n) is 0.599. The zero-order valence-corrected chi connectivity index (χ0v) is 12.1. The summed E-state index contributed by atoms with van der Waals surface area (Å²) in [6, 6.07) is 10.3. The Balaban J connectivity index is 2.85. The van der Waals surface area contributed by atoms with Crippen LogP contribution in [0.15, 0.2) is 30.3 Å². The molecule has 0 aliphatic rings. The van der Waals surface area contributed by atoms with E-state index in [0.717, 1.165) is 0 Å². The third kappa shape index (κ3) is 2.71. The molecular formula is C6H5ClITl. The van der Waals surface area contributed by atoms with Crippen molar-refractivity contribution in [3.05, 3.63) is 30.3 Å². The molecule has 1 aromatic carbocycles. The van der Waals surface area contributed by atoms with Gasteiger partial charge in [-0.25, -0.2) is 0 Å². The van der Waals surface area contributed by atoms with Gasteiger partial charge in [0.05, 0.1) is 0 Å². The summed E-state index contributed by atoms with van der Waals surface area (Å²) < 4.78 is 1.39. The van der Waals surface area contributed by atoms with E-state index in [1.54, 1.807) is 0 Å². The van der Waals surface area contributed by atoms with Gasteiger partial charge in [-0.15, -0.1) is 0 Å². The Kier molecular flexibility index (Phi) is 3.79. The SMILES string of the molecule is [Cl][Tl]([I])[c]1ccccc1. The van der Waals surface area contributed by atoms with Gasteiger partial charge in [0.1, 0.15) is 0 Å². The topological polar surface area (TPSA) is 0 Å². The van der Waals surface area contributed by atoms with Gasteiger partial charge < -0.3 is 0 Å². The number of hydrogen-bond acceptors (Lipinski definition) is 0. The van der Waals surface area contributed by atoms with Crippen LogP contribution in [0.4, 0.5) is 0 Å². The predicted octanol–water partition coefficient (Wildman–Crippen LogP) is 2.06. The second-order valence-electron chi connectivity index (χ2n) is 1.71. The average molecular weight is 444 g/mol. The molecule has 1 rings (SSSR count). The van der Waals surface area contributed by atoms with Gasteiger partial charge in [0.15, 0.2) is 0 Å². The van der Waals surface area contributed by atoms with Crippen LogP contribution in [0, 0.1) is 0 Å². The van der Waals surface area contributed by atoms with Gasteiger partial charge in [-0.3, -0.25) is 0 Å². The number of halogens is 2. The van der Waals surface area contributed by atoms with Gasteiger partial charge in [-0.2, -0.15) is 0 Å². The molecule has 0 bridgehead atoms. The van der Waals surface area contributed by atoms with Crippen molar-refractivity contribution in [2.24, 2.45) is 0 Å². The van der Waals surface area contributed by atoms with Crippen molar-refractivity contribution < 1.29 is 0 Å². The molecule has 46 valence electrons. The van der Waals surface area contributed by atoms with Gasteiger partial charge in [0.25, 0.3) is 0 Å². The first-order valence-corrected chi connectivity index (χ1v) is 23.0. The van der Waals surface area contributed by atoms with Crippen molar-refractivity contribution >= 4 is 46.4 Å². The van der Waals surface area contributed by atoms with Crippen LogP contribution in [0.2, 0.25) is 0 Å². The summed E-state index contributed by atoms with van der Waals surface area (Å²) in [4.78, 5) is 0. The summed E-state index contributed by atoms with van der Waals surface area (Å²) in [5, 5.41) is 0. The summed E-state index contributed by atoms with van der Waals surface area (Å²) in [6.45, 7) is 0. The van der Waals surface area contributed by atoms with E-state index in [1.807, 2.05) is 18.2 Å². The Bertz CT molecular complexity index is 176. The van der Waals surface area contributed by atoms with Gasteiger partial charge in [0.2, 0.25) is 0 Å². The van der Waals surface area contributed by atoms with Gasteiger partial charge in [-0.05, 0) is 0 Å². The summed E-state index contributed by atoms with van der Waals surface area (Å²) >= 11 is 0.597. The maximum atomic E-state index is 6.01. The molecule has 0 unspecified atom stereocenters. The molecule has 0 heterocycles. The summed E-state index contributed by atoms with van der Waals surface area (Å²) in [6.07, 6.45) is 0. The maximum absolute atomic E-state index is 6.01. The zero-order valence-electron chi connectivity index (χ0n) is 4.72. The van der Waals surface area contributed by atoms with E-state index >= 15 is 0 Å². The quantitative estimate of drug-likeness (QED) is 0.460. The molecule has 0 nitrogen and oxygen atoms in total. The molecule has 0 radical (unpaired) electrons. The Hall–Kier alpha value is 1.16. The molecule has 0 atom stereocenters. The molecule has 1 aromatic rings.